The van der Waals surface area contributed by atoms with E-state index in [9.17, 15) is 9.18 Å². The number of ether oxygens (including phenoxy) is 1. The van der Waals surface area contributed by atoms with Crippen molar-refractivity contribution in [3.05, 3.63) is 65.0 Å². The maximum Gasteiger partial charge on any atom is 0.257 e. The average Bonchev–Trinajstić information content (AvgIpc) is 2.55. The summed E-state index contributed by atoms with van der Waals surface area (Å²) < 4.78 is 18.5. The number of hydrogen-bond acceptors (Lipinski definition) is 2. The number of amides is 1. The van der Waals surface area contributed by atoms with E-state index >= 15 is 0 Å². The van der Waals surface area contributed by atoms with Crippen LogP contribution < -0.4 is 10.1 Å². The highest BCUT2D eigenvalue weighted by molar-refractivity contribution is 5.77. The molecule has 0 bridgehead atoms. The summed E-state index contributed by atoms with van der Waals surface area (Å²) >= 11 is 0. The lowest BCUT2D eigenvalue weighted by Crippen LogP contribution is -2.30. The van der Waals surface area contributed by atoms with Gasteiger partial charge in [0.15, 0.2) is 6.61 Å². The van der Waals surface area contributed by atoms with Crippen molar-refractivity contribution in [2.24, 2.45) is 0 Å². The number of carbonyl (C=O) groups excluding carboxylic acids is 1. The summed E-state index contributed by atoms with van der Waals surface area (Å²) in [5, 5.41) is 2.82. The van der Waals surface area contributed by atoms with Gasteiger partial charge in [-0.15, -0.1) is 0 Å². The molecule has 128 valence electrons. The molecule has 0 radical (unpaired) electrons. The fourth-order valence-electron chi connectivity index (χ4n) is 2.32. The van der Waals surface area contributed by atoms with Gasteiger partial charge in [0.2, 0.25) is 0 Å². The first-order chi connectivity index (χ1) is 11.5. The van der Waals surface area contributed by atoms with E-state index < -0.39 is 0 Å². The van der Waals surface area contributed by atoms with Gasteiger partial charge in [0, 0.05) is 6.54 Å². The van der Waals surface area contributed by atoms with E-state index in [1.807, 2.05) is 19.1 Å². The smallest absolute Gasteiger partial charge is 0.257 e. The van der Waals surface area contributed by atoms with Crippen LogP contribution in [0.1, 0.15) is 36.5 Å². The molecule has 0 saturated heterocycles. The monoisotopic (exact) mass is 329 g/mol. The van der Waals surface area contributed by atoms with Crippen molar-refractivity contribution in [3.63, 3.8) is 0 Å². The predicted octanol–water partition coefficient (Wildman–Crippen LogP) is 4.00. The van der Waals surface area contributed by atoms with Crippen LogP contribution in [0.15, 0.2) is 42.5 Å². The zero-order valence-corrected chi connectivity index (χ0v) is 14.4. The van der Waals surface area contributed by atoms with Gasteiger partial charge in [-0.05, 0) is 54.2 Å². The molecule has 1 N–H and O–H groups in total. The lowest BCUT2D eigenvalue weighted by atomic mass is 10.0. The van der Waals surface area contributed by atoms with E-state index in [0.29, 0.717) is 18.9 Å². The Morgan fingerprint density at radius 3 is 2.54 bits per heavy atom. The van der Waals surface area contributed by atoms with Crippen LogP contribution in [0.3, 0.4) is 0 Å². The molecule has 24 heavy (non-hydrogen) atoms. The van der Waals surface area contributed by atoms with Crippen molar-refractivity contribution < 1.29 is 13.9 Å². The Labute approximate surface area is 142 Å². The van der Waals surface area contributed by atoms with Gasteiger partial charge in [0.05, 0.1) is 0 Å². The van der Waals surface area contributed by atoms with E-state index in [1.54, 1.807) is 12.1 Å². The first-order valence-corrected chi connectivity index (χ1v) is 8.20. The largest absolute Gasteiger partial charge is 0.483 e. The van der Waals surface area contributed by atoms with Crippen molar-refractivity contribution in [1.82, 2.24) is 5.32 Å². The number of aryl methyl sites for hydroxylation is 1. The Kier molecular flexibility index (Phi) is 6.36. The summed E-state index contributed by atoms with van der Waals surface area (Å²) in [6.07, 6.45) is 0.661. The highest BCUT2D eigenvalue weighted by atomic mass is 19.1. The summed E-state index contributed by atoms with van der Waals surface area (Å²) in [6, 6.07) is 12.4. The summed E-state index contributed by atoms with van der Waals surface area (Å²) in [5.74, 6) is 0.744. The maximum absolute atomic E-state index is 12.8. The molecule has 3 nitrogen and oxygen atoms in total. The van der Waals surface area contributed by atoms with E-state index in [-0.39, 0.29) is 18.3 Å². The molecule has 4 heteroatoms. The molecule has 2 aromatic rings. The van der Waals surface area contributed by atoms with Crippen LogP contribution in [0.2, 0.25) is 0 Å². The number of halogens is 1. The van der Waals surface area contributed by atoms with Crippen LogP contribution in [0.4, 0.5) is 4.39 Å². The van der Waals surface area contributed by atoms with Crippen molar-refractivity contribution in [3.8, 4) is 5.75 Å². The molecule has 0 aliphatic carbocycles. The molecule has 1 amide bonds. The van der Waals surface area contributed by atoms with E-state index in [0.717, 1.165) is 16.9 Å². The average molecular weight is 329 g/mol. The fourth-order valence-corrected chi connectivity index (χ4v) is 2.32. The predicted molar refractivity (Wildman–Crippen MR) is 93.9 cm³/mol. The van der Waals surface area contributed by atoms with Gasteiger partial charge < -0.3 is 10.1 Å². The molecule has 0 unspecified atom stereocenters. The third-order valence-corrected chi connectivity index (χ3v) is 3.89. The van der Waals surface area contributed by atoms with Gasteiger partial charge in [0.1, 0.15) is 11.6 Å². The van der Waals surface area contributed by atoms with Gasteiger partial charge in [0.25, 0.3) is 5.91 Å². The number of carbonyl (C=O) groups is 1. The Morgan fingerprint density at radius 2 is 1.88 bits per heavy atom. The first-order valence-electron chi connectivity index (χ1n) is 8.20. The van der Waals surface area contributed by atoms with E-state index in [1.165, 1.54) is 17.7 Å². The normalized spacial score (nSPS) is 10.7. The Balaban J connectivity index is 1.79. The minimum atomic E-state index is -0.254. The molecule has 0 aliphatic heterocycles. The third kappa shape index (κ3) is 5.37. The summed E-state index contributed by atoms with van der Waals surface area (Å²) in [6.45, 7) is 6.70. The van der Waals surface area contributed by atoms with E-state index in [4.69, 9.17) is 4.74 Å². The molecule has 0 aliphatic rings. The van der Waals surface area contributed by atoms with Crippen LogP contribution in [-0.2, 0) is 11.2 Å². The fraction of sp³-hybridized carbons (Fsp3) is 0.350. The number of benzene rings is 2. The van der Waals surface area contributed by atoms with Crippen LogP contribution in [0, 0.1) is 12.7 Å². The zero-order valence-electron chi connectivity index (χ0n) is 14.4. The third-order valence-electron chi connectivity index (χ3n) is 3.89. The number of nitrogens with one attached hydrogen (secondary N) is 1. The zero-order chi connectivity index (χ0) is 17.5. The van der Waals surface area contributed by atoms with Crippen molar-refractivity contribution in [2.75, 3.05) is 13.2 Å². The van der Waals surface area contributed by atoms with Gasteiger partial charge in [-0.3, -0.25) is 4.79 Å². The Hall–Kier alpha value is -2.36. The lowest BCUT2D eigenvalue weighted by Gasteiger charge is -2.13. The molecule has 0 atom stereocenters. The number of rotatable bonds is 7. The van der Waals surface area contributed by atoms with Crippen LogP contribution in [0.25, 0.3) is 0 Å². The molecule has 0 saturated carbocycles. The second-order valence-corrected chi connectivity index (χ2v) is 6.19. The second-order valence-electron chi connectivity index (χ2n) is 6.19. The minimum Gasteiger partial charge on any atom is -0.483 e. The quantitative estimate of drug-likeness (QED) is 0.834. The summed E-state index contributed by atoms with van der Waals surface area (Å²) in [4.78, 5) is 11.9. The summed E-state index contributed by atoms with van der Waals surface area (Å²) in [7, 11) is 0. The van der Waals surface area contributed by atoms with Crippen molar-refractivity contribution >= 4 is 5.91 Å². The minimum absolute atomic E-state index is 0.00813. The van der Waals surface area contributed by atoms with Gasteiger partial charge in [-0.1, -0.05) is 38.1 Å². The molecule has 0 spiro atoms. The SMILES string of the molecule is Cc1ccc(C(C)C)cc1OCC(=O)NCCc1ccc(F)cc1. The first kappa shape index (κ1) is 18.0. The van der Waals surface area contributed by atoms with Gasteiger partial charge in [-0.2, -0.15) is 0 Å². The molecular weight excluding hydrogens is 305 g/mol. The van der Waals surface area contributed by atoms with Crippen molar-refractivity contribution in [2.45, 2.75) is 33.1 Å². The molecule has 0 aromatic heterocycles. The lowest BCUT2D eigenvalue weighted by molar-refractivity contribution is -0.123. The van der Waals surface area contributed by atoms with Gasteiger partial charge in [-0.25, -0.2) is 4.39 Å². The molecule has 2 aromatic carbocycles. The van der Waals surface area contributed by atoms with E-state index in [2.05, 4.69) is 25.2 Å². The standard InChI is InChI=1S/C20H24FNO2/c1-14(2)17-7-4-15(3)19(12-17)24-13-20(23)22-11-10-16-5-8-18(21)9-6-16/h4-9,12,14H,10-11,13H2,1-3H3,(H,22,23). The topological polar surface area (TPSA) is 38.3 Å². The highest BCUT2D eigenvalue weighted by Gasteiger charge is 2.07. The molecule has 2 rings (SSSR count). The van der Waals surface area contributed by atoms with Crippen LogP contribution >= 0.6 is 0 Å². The van der Waals surface area contributed by atoms with Crippen LogP contribution in [0.5, 0.6) is 5.75 Å². The van der Waals surface area contributed by atoms with Crippen molar-refractivity contribution in [1.29, 1.82) is 0 Å². The Morgan fingerprint density at radius 1 is 1.17 bits per heavy atom. The Bertz CT molecular complexity index is 681. The molecular formula is C20H24FNO2. The number of hydrogen-bond donors (Lipinski definition) is 1. The summed E-state index contributed by atoms with van der Waals surface area (Å²) in [5.41, 5.74) is 3.18. The van der Waals surface area contributed by atoms with Gasteiger partial charge >= 0.3 is 0 Å². The second kappa shape index (κ2) is 8.48. The maximum atomic E-state index is 12.8. The molecule has 0 fully saturated rings. The highest BCUT2D eigenvalue weighted by Crippen LogP contribution is 2.24. The molecule has 0 heterocycles. The van der Waals surface area contributed by atoms with Crippen LogP contribution in [-0.4, -0.2) is 19.1 Å².